The molecule has 2 aromatic heterocycles. The first-order valence-electron chi connectivity index (χ1n) is 11.2. The number of thiocarbonyl (C=S) groups is 1. The molecule has 6 nitrogen and oxygen atoms in total. The zero-order valence-electron chi connectivity index (χ0n) is 18.5. The highest BCUT2D eigenvalue weighted by Crippen LogP contribution is 2.40. The van der Waals surface area contributed by atoms with Crippen LogP contribution in [0.15, 0.2) is 67.0 Å². The highest BCUT2D eigenvalue weighted by atomic mass is 32.1. The molecule has 5 rings (SSSR count). The van der Waals surface area contributed by atoms with Crippen LogP contribution < -0.4 is 10.2 Å². The predicted molar refractivity (Wildman–Crippen MR) is 131 cm³/mol. The molecule has 0 bridgehead atoms. The molecule has 3 atom stereocenters. The van der Waals surface area contributed by atoms with Crippen molar-refractivity contribution in [1.82, 2.24) is 19.8 Å². The van der Waals surface area contributed by atoms with Crippen molar-refractivity contribution in [3.63, 3.8) is 0 Å². The van der Waals surface area contributed by atoms with Gasteiger partial charge in [0.2, 0.25) is 0 Å². The lowest BCUT2D eigenvalue weighted by Gasteiger charge is -2.30. The zero-order chi connectivity index (χ0) is 22.1. The van der Waals surface area contributed by atoms with Gasteiger partial charge in [-0.25, -0.2) is 0 Å². The van der Waals surface area contributed by atoms with E-state index in [0.717, 1.165) is 42.5 Å². The monoisotopic (exact) mass is 447 g/mol. The van der Waals surface area contributed by atoms with Crippen molar-refractivity contribution in [2.75, 3.05) is 32.1 Å². The molecule has 3 aromatic rings. The molecule has 1 aromatic carbocycles. The molecule has 0 radical (unpaired) electrons. The Kier molecular flexibility index (Phi) is 5.85. The number of benzene rings is 1. The molecule has 4 heterocycles. The van der Waals surface area contributed by atoms with Crippen molar-refractivity contribution in [3.05, 3.63) is 78.4 Å². The minimum atomic E-state index is -0.0280. The van der Waals surface area contributed by atoms with Gasteiger partial charge in [0.25, 0.3) is 0 Å². The summed E-state index contributed by atoms with van der Waals surface area (Å²) in [4.78, 5) is 9.07. The van der Waals surface area contributed by atoms with Gasteiger partial charge in [0, 0.05) is 56.7 Å². The fourth-order valence-corrected chi connectivity index (χ4v) is 5.03. The van der Waals surface area contributed by atoms with Crippen LogP contribution in [-0.2, 0) is 4.74 Å². The fraction of sp³-hybridized carbons (Fsp3) is 0.360. The van der Waals surface area contributed by atoms with Gasteiger partial charge in [0.15, 0.2) is 5.11 Å². The Morgan fingerprint density at radius 3 is 2.66 bits per heavy atom. The largest absolute Gasteiger partial charge is 0.378 e. The maximum absolute atomic E-state index is 5.96. The molecule has 0 spiro atoms. The smallest absolute Gasteiger partial charge is 0.170 e. The van der Waals surface area contributed by atoms with E-state index in [1.54, 1.807) is 0 Å². The topological polar surface area (TPSA) is 45.6 Å². The van der Waals surface area contributed by atoms with Gasteiger partial charge >= 0.3 is 0 Å². The summed E-state index contributed by atoms with van der Waals surface area (Å²) in [6, 6.07) is 19.0. The molecule has 2 fully saturated rings. The van der Waals surface area contributed by atoms with E-state index in [1.165, 1.54) is 11.4 Å². The van der Waals surface area contributed by atoms with Gasteiger partial charge in [-0.1, -0.05) is 6.07 Å². The van der Waals surface area contributed by atoms with Gasteiger partial charge in [-0.2, -0.15) is 0 Å². The van der Waals surface area contributed by atoms with Crippen molar-refractivity contribution in [2.24, 2.45) is 0 Å². The van der Waals surface area contributed by atoms with E-state index in [1.807, 2.05) is 18.3 Å². The van der Waals surface area contributed by atoms with E-state index in [4.69, 9.17) is 17.0 Å². The number of aromatic nitrogens is 2. The van der Waals surface area contributed by atoms with Crippen molar-refractivity contribution < 1.29 is 4.74 Å². The second-order valence-corrected chi connectivity index (χ2v) is 9.01. The van der Waals surface area contributed by atoms with Gasteiger partial charge in [-0.05, 0) is 73.6 Å². The number of hydrogen-bond acceptors (Lipinski definition) is 4. The molecule has 0 amide bonds. The van der Waals surface area contributed by atoms with Crippen LogP contribution in [0.5, 0.6) is 0 Å². The van der Waals surface area contributed by atoms with Gasteiger partial charge in [-0.3, -0.25) is 4.98 Å². The minimum Gasteiger partial charge on any atom is -0.378 e. The van der Waals surface area contributed by atoms with Gasteiger partial charge in [-0.15, -0.1) is 0 Å². The summed E-state index contributed by atoms with van der Waals surface area (Å²) in [5.41, 5.74) is 4.48. The molecule has 2 saturated heterocycles. The second kappa shape index (κ2) is 8.92. The molecule has 32 heavy (non-hydrogen) atoms. The standard InChI is InChI=1S/C25H29N5OS/c1-28(2)18-10-12-19(13-11-18)29-15-5-9-22(29)24-23(21-8-3-4-14-26-21)27-25(32)30(24)17-20-7-6-16-31-20/h3-5,8-15,20,23-24H,6-7,16-17H2,1-2H3,(H,27,32)/t20-,23-,24-/m1/s1. The Morgan fingerprint density at radius 2 is 1.97 bits per heavy atom. The average molecular weight is 448 g/mol. The number of hydrogen-bond donors (Lipinski definition) is 1. The summed E-state index contributed by atoms with van der Waals surface area (Å²) in [7, 11) is 4.11. The van der Waals surface area contributed by atoms with E-state index in [0.29, 0.717) is 0 Å². The molecular formula is C25H29N5OS. The molecule has 0 saturated carbocycles. The predicted octanol–water partition coefficient (Wildman–Crippen LogP) is 4.09. The Morgan fingerprint density at radius 1 is 1.12 bits per heavy atom. The first-order chi connectivity index (χ1) is 15.6. The molecule has 2 aliphatic rings. The number of rotatable bonds is 6. The minimum absolute atomic E-state index is 0.0186. The van der Waals surface area contributed by atoms with Crippen LogP contribution in [0.4, 0.5) is 5.69 Å². The van der Waals surface area contributed by atoms with Crippen LogP contribution in [0, 0.1) is 0 Å². The van der Waals surface area contributed by atoms with Crippen LogP contribution >= 0.6 is 12.2 Å². The summed E-state index contributed by atoms with van der Waals surface area (Å²) in [6.07, 6.45) is 6.37. The first kappa shape index (κ1) is 21.0. The van der Waals surface area contributed by atoms with E-state index in [-0.39, 0.29) is 18.2 Å². The lowest BCUT2D eigenvalue weighted by molar-refractivity contribution is 0.0836. The lowest BCUT2D eigenvalue weighted by atomic mass is 10.0. The van der Waals surface area contributed by atoms with Gasteiger partial charge in [0.1, 0.15) is 0 Å². The van der Waals surface area contributed by atoms with Crippen molar-refractivity contribution in [3.8, 4) is 5.69 Å². The summed E-state index contributed by atoms with van der Waals surface area (Å²) < 4.78 is 8.23. The highest BCUT2D eigenvalue weighted by molar-refractivity contribution is 7.80. The van der Waals surface area contributed by atoms with Crippen molar-refractivity contribution in [2.45, 2.75) is 31.0 Å². The number of nitrogens with zero attached hydrogens (tertiary/aromatic N) is 4. The fourth-order valence-electron chi connectivity index (χ4n) is 4.71. The molecule has 0 unspecified atom stereocenters. The van der Waals surface area contributed by atoms with Crippen LogP contribution in [0.1, 0.15) is 36.3 Å². The SMILES string of the molecule is CN(C)c1ccc(-n2cccc2[C@@H]2[C@@H](c3ccccn3)NC(=S)N2C[C@H]2CCCO2)cc1. The van der Waals surface area contributed by atoms with E-state index in [2.05, 4.69) is 87.4 Å². The molecule has 0 aliphatic carbocycles. The third-order valence-electron chi connectivity index (χ3n) is 6.35. The Labute approximate surface area is 194 Å². The molecular weight excluding hydrogens is 418 g/mol. The van der Waals surface area contributed by atoms with Crippen LogP contribution in [0.2, 0.25) is 0 Å². The van der Waals surface area contributed by atoms with Crippen molar-refractivity contribution >= 4 is 23.0 Å². The second-order valence-electron chi connectivity index (χ2n) is 8.63. The Balaban J connectivity index is 1.54. The summed E-state index contributed by atoms with van der Waals surface area (Å²) in [5.74, 6) is 0. The maximum atomic E-state index is 5.96. The first-order valence-corrected chi connectivity index (χ1v) is 11.6. The Bertz CT molecular complexity index is 1060. The number of nitrogens with one attached hydrogen (secondary N) is 1. The normalized spacial score (nSPS) is 22.9. The average Bonchev–Trinajstić information content (AvgIpc) is 3.56. The maximum Gasteiger partial charge on any atom is 0.170 e. The third-order valence-corrected chi connectivity index (χ3v) is 6.70. The van der Waals surface area contributed by atoms with Crippen molar-refractivity contribution in [1.29, 1.82) is 0 Å². The summed E-state index contributed by atoms with van der Waals surface area (Å²) in [6.45, 7) is 1.62. The molecule has 166 valence electrons. The van der Waals surface area contributed by atoms with E-state index in [9.17, 15) is 0 Å². The number of pyridine rings is 1. The Hall–Kier alpha value is -2.90. The van der Waals surface area contributed by atoms with E-state index >= 15 is 0 Å². The van der Waals surface area contributed by atoms with Crippen LogP contribution in [0.3, 0.4) is 0 Å². The van der Waals surface area contributed by atoms with Crippen LogP contribution in [-0.4, -0.2) is 52.9 Å². The molecule has 7 heteroatoms. The van der Waals surface area contributed by atoms with Gasteiger partial charge in [0.05, 0.1) is 23.9 Å². The lowest BCUT2D eigenvalue weighted by Crippen LogP contribution is -2.36. The molecule has 1 N–H and O–H groups in total. The number of anilines is 1. The van der Waals surface area contributed by atoms with Gasteiger partial charge < -0.3 is 24.4 Å². The van der Waals surface area contributed by atoms with E-state index < -0.39 is 0 Å². The third kappa shape index (κ3) is 3.98. The number of ether oxygens (including phenoxy) is 1. The highest BCUT2D eigenvalue weighted by Gasteiger charge is 2.42. The summed E-state index contributed by atoms with van der Waals surface area (Å²) in [5, 5.41) is 4.32. The van der Waals surface area contributed by atoms with Crippen LogP contribution in [0.25, 0.3) is 5.69 Å². The zero-order valence-corrected chi connectivity index (χ0v) is 19.3. The molecule has 2 aliphatic heterocycles. The summed E-state index contributed by atoms with van der Waals surface area (Å²) >= 11 is 5.83. The quantitative estimate of drug-likeness (QED) is 0.575.